The van der Waals surface area contributed by atoms with E-state index in [-0.39, 0.29) is 33.8 Å². The zero-order chi connectivity index (χ0) is 37.6. The summed E-state index contributed by atoms with van der Waals surface area (Å²) in [6.45, 7) is -2.07. The molecule has 0 amide bonds. The highest BCUT2D eigenvalue weighted by Crippen LogP contribution is 2.43. The van der Waals surface area contributed by atoms with Gasteiger partial charge in [0.2, 0.25) is 18.3 Å². The van der Waals surface area contributed by atoms with Gasteiger partial charge >= 0.3 is 11.3 Å². The third-order valence-electron chi connectivity index (χ3n) is 8.94. The van der Waals surface area contributed by atoms with Crippen molar-refractivity contribution in [2.75, 3.05) is 19.8 Å². The van der Waals surface area contributed by atoms with Crippen LogP contribution >= 0.6 is 0 Å². The Morgan fingerprint density at radius 3 is 1.94 bits per heavy atom. The third-order valence-corrected chi connectivity index (χ3v) is 8.94. The summed E-state index contributed by atoms with van der Waals surface area (Å²) in [6, 6.07) is 6.98. The topological polar surface area (TPSA) is 330 Å². The van der Waals surface area contributed by atoms with Crippen LogP contribution in [-0.4, -0.2) is 172 Å². The van der Waals surface area contributed by atoms with Crippen molar-refractivity contribution in [2.45, 2.75) is 86.0 Å². The van der Waals surface area contributed by atoms with Crippen LogP contribution in [0.3, 0.4) is 0 Å². The molecule has 3 fully saturated rings. The van der Waals surface area contributed by atoms with Gasteiger partial charge < -0.3 is 94.8 Å². The Bertz CT molecular complexity index is 1710. The summed E-state index contributed by atoms with van der Waals surface area (Å²) in [6.07, 6.45) is -23.8. The summed E-state index contributed by atoms with van der Waals surface area (Å²) >= 11 is 0. The lowest BCUT2D eigenvalue weighted by atomic mass is 9.98. The summed E-state index contributed by atoms with van der Waals surface area (Å²) in [5.74, 6) is -2.30. The minimum absolute atomic E-state index is 0.0211. The quantitative estimate of drug-likeness (QED) is 0.0741. The molecule has 14 atom stereocenters. The van der Waals surface area contributed by atoms with E-state index in [1.807, 2.05) is 0 Å². The molecule has 3 saturated heterocycles. The Hall–Kier alpha value is -3.71. The highest BCUT2D eigenvalue weighted by molar-refractivity contribution is 5.89. The van der Waals surface area contributed by atoms with Crippen LogP contribution in [0.5, 0.6) is 28.7 Å². The Labute approximate surface area is 292 Å². The lowest BCUT2D eigenvalue weighted by Crippen LogP contribution is -2.63. The van der Waals surface area contributed by atoms with E-state index in [1.165, 1.54) is 12.1 Å². The van der Waals surface area contributed by atoms with E-state index in [0.717, 1.165) is 24.3 Å². The molecular formula is C32H39O20+. The SMILES string of the molecule is OC[C@H]1O[C@H](Oc2cc(O)cc3[o+]c(-c4ccc(O)c(O)c4)c(O[C@@H]4O[C@H](CO)[C@@H](O)[C@H](O)[C@H]4O[C@@H]4OC[C@@H](O)[C@H](O)[C@H]4O)cc23)[C@H](O)[C@@H](O)[C@@H]1O. The Morgan fingerprint density at radius 1 is 0.635 bits per heavy atom. The lowest BCUT2D eigenvalue weighted by Gasteiger charge is -2.44. The molecule has 0 bridgehead atoms. The van der Waals surface area contributed by atoms with Gasteiger partial charge in [-0.25, -0.2) is 4.42 Å². The molecule has 1 aromatic heterocycles. The van der Waals surface area contributed by atoms with Gasteiger partial charge in [-0.2, -0.15) is 0 Å². The first-order chi connectivity index (χ1) is 24.7. The van der Waals surface area contributed by atoms with E-state index < -0.39 is 123 Å². The van der Waals surface area contributed by atoms with Gasteiger partial charge in [0.15, 0.2) is 23.9 Å². The Kier molecular flexibility index (Phi) is 11.2. The molecule has 6 rings (SSSR count). The van der Waals surface area contributed by atoms with Gasteiger partial charge in [-0.15, -0.1) is 0 Å². The van der Waals surface area contributed by atoms with E-state index in [2.05, 4.69) is 0 Å². The molecule has 13 N–H and O–H groups in total. The maximum Gasteiger partial charge on any atom is 0.402 e. The number of rotatable bonds is 9. The van der Waals surface area contributed by atoms with Crippen LogP contribution in [-0.2, 0) is 18.9 Å². The molecule has 3 aliphatic rings. The van der Waals surface area contributed by atoms with Crippen molar-refractivity contribution >= 4 is 11.0 Å². The van der Waals surface area contributed by atoms with Crippen LogP contribution in [0, 0.1) is 0 Å². The van der Waals surface area contributed by atoms with E-state index in [0.29, 0.717) is 0 Å². The first-order valence-corrected chi connectivity index (χ1v) is 16.0. The molecule has 20 nitrogen and oxygen atoms in total. The molecule has 3 aromatic rings. The number of hydrogen-bond donors (Lipinski definition) is 13. The van der Waals surface area contributed by atoms with Crippen LogP contribution in [0.4, 0.5) is 0 Å². The van der Waals surface area contributed by atoms with Crippen molar-refractivity contribution in [1.29, 1.82) is 0 Å². The van der Waals surface area contributed by atoms with Gasteiger partial charge in [-0.1, -0.05) is 0 Å². The number of hydrogen-bond acceptors (Lipinski definition) is 19. The van der Waals surface area contributed by atoms with E-state index in [4.69, 9.17) is 32.8 Å². The summed E-state index contributed by atoms with van der Waals surface area (Å²) < 4.78 is 40.3. The van der Waals surface area contributed by atoms with Crippen LogP contribution in [0.25, 0.3) is 22.3 Å². The van der Waals surface area contributed by atoms with Crippen molar-refractivity contribution < 1.29 is 99.2 Å². The minimum atomic E-state index is -1.89. The average molecular weight is 744 g/mol. The second-order valence-corrected chi connectivity index (χ2v) is 12.5. The van der Waals surface area contributed by atoms with Crippen molar-refractivity contribution in [1.82, 2.24) is 0 Å². The number of aliphatic hydroxyl groups is 10. The van der Waals surface area contributed by atoms with E-state index >= 15 is 0 Å². The summed E-state index contributed by atoms with van der Waals surface area (Å²) in [4.78, 5) is 0. The monoisotopic (exact) mass is 743 g/mol. The minimum Gasteiger partial charge on any atom is -0.507 e. The maximum atomic E-state index is 11.1. The first-order valence-electron chi connectivity index (χ1n) is 16.0. The van der Waals surface area contributed by atoms with Gasteiger partial charge in [-0.05, 0) is 12.1 Å². The maximum absolute atomic E-state index is 11.1. The Morgan fingerprint density at radius 2 is 1.27 bits per heavy atom. The molecule has 0 saturated carbocycles. The number of fused-ring (bicyclic) bond motifs is 1. The number of aromatic hydroxyl groups is 3. The predicted octanol–water partition coefficient (Wildman–Crippen LogP) is -3.68. The summed E-state index contributed by atoms with van der Waals surface area (Å²) in [5, 5.41) is 134. The number of benzene rings is 2. The fourth-order valence-corrected chi connectivity index (χ4v) is 5.99. The first kappa shape index (κ1) is 38.0. The molecular weight excluding hydrogens is 704 g/mol. The molecule has 0 unspecified atom stereocenters. The smallest absolute Gasteiger partial charge is 0.402 e. The van der Waals surface area contributed by atoms with Crippen LogP contribution < -0.4 is 9.47 Å². The van der Waals surface area contributed by atoms with Gasteiger partial charge in [0.05, 0.1) is 31.5 Å². The van der Waals surface area contributed by atoms with E-state index in [1.54, 1.807) is 0 Å². The highest BCUT2D eigenvalue weighted by Gasteiger charge is 2.51. The standard InChI is InChI=1S/C32H38O20/c33-7-19-22(40)24(42)27(45)31(50-19)48-17-5-11(35)4-16-12(17)6-18(28(47-16)10-1-2-13(36)14(37)3-10)49-32-29(25(43)23(41)20(8-34)51-32)52-30-26(44)21(39)15(38)9-46-30/h1-6,15,19-27,29-34,38-45H,7-9H2,(H2-,35,36,37)/p+1/t15-,19-,20-,21+,22-,23-,24+,25+,26-,27-,29-,30+,31+,32-/m1/s1. The Balaban J connectivity index is 1.44. The molecule has 52 heavy (non-hydrogen) atoms. The van der Waals surface area contributed by atoms with E-state index in [9.17, 15) is 66.4 Å². The molecule has 4 heterocycles. The van der Waals surface area contributed by atoms with Crippen LogP contribution in [0.2, 0.25) is 0 Å². The van der Waals surface area contributed by atoms with Crippen molar-refractivity contribution in [2.24, 2.45) is 0 Å². The number of ether oxygens (including phenoxy) is 6. The normalized spacial score (nSPS) is 36.8. The molecule has 3 aliphatic heterocycles. The van der Waals surface area contributed by atoms with Gasteiger partial charge in [0.25, 0.3) is 0 Å². The van der Waals surface area contributed by atoms with Crippen molar-refractivity contribution in [3.63, 3.8) is 0 Å². The lowest BCUT2D eigenvalue weighted by molar-refractivity contribution is -0.344. The number of phenols is 3. The van der Waals surface area contributed by atoms with Crippen molar-refractivity contribution in [3.05, 3.63) is 36.4 Å². The van der Waals surface area contributed by atoms with Crippen molar-refractivity contribution in [3.8, 4) is 40.1 Å². The molecule has 0 spiro atoms. The molecule has 286 valence electrons. The predicted molar refractivity (Wildman–Crippen MR) is 166 cm³/mol. The van der Waals surface area contributed by atoms with Gasteiger partial charge in [0, 0.05) is 18.2 Å². The zero-order valence-corrected chi connectivity index (χ0v) is 26.8. The molecule has 2 aromatic carbocycles. The van der Waals surface area contributed by atoms with Crippen LogP contribution in [0.15, 0.2) is 40.8 Å². The summed E-state index contributed by atoms with van der Waals surface area (Å²) in [5.41, 5.74) is -0.0653. The highest BCUT2D eigenvalue weighted by atomic mass is 16.8. The second kappa shape index (κ2) is 15.3. The zero-order valence-electron chi connectivity index (χ0n) is 26.8. The second-order valence-electron chi connectivity index (χ2n) is 12.5. The molecule has 0 aliphatic carbocycles. The number of phenolic OH excluding ortho intramolecular Hbond substituents is 3. The largest absolute Gasteiger partial charge is 0.507 e. The average Bonchev–Trinajstić information content (AvgIpc) is 3.12. The van der Waals surface area contributed by atoms with Crippen LogP contribution in [0.1, 0.15) is 0 Å². The summed E-state index contributed by atoms with van der Waals surface area (Å²) in [7, 11) is 0. The third kappa shape index (κ3) is 7.27. The van der Waals surface area contributed by atoms with Gasteiger partial charge in [-0.3, -0.25) is 0 Å². The molecule has 20 heteroatoms. The number of aliphatic hydroxyl groups excluding tert-OH is 10. The van der Waals surface area contributed by atoms with Gasteiger partial charge in [0.1, 0.15) is 77.9 Å². The fourth-order valence-electron chi connectivity index (χ4n) is 5.99. The fraction of sp³-hybridized carbons (Fsp3) is 0.531. The molecule has 0 radical (unpaired) electrons.